The minimum absolute atomic E-state index is 0.253. The van der Waals surface area contributed by atoms with Crippen LogP contribution in [0.5, 0.6) is 0 Å². The molecule has 5 aromatic rings. The quantitative estimate of drug-likeness (QED) is 0.287. The number of fused-ring (bicyclic) bond motifs is 1. The molecule has 1 aliphatic rings. The molecule has 0 bridgehead atoms. The zero-order valence-corrected chi connectivity index (χ0v) is 22.2. The monoisotopic (exact) mass is 545 g/mol. The number of nitrogens with zero attached hydrogens (tertiary/aromatic N) is 5. The Morgan fingerprint density at radius 3 is 2.51 bits per heavy atom. The summed E-state index contributed by atoms with van der Waals surface area (Å²) in [5, 5.41) is 6.63. The van der Waals surface area contributed by atoms with Crippen molar-refractivity contribution in [2.75, 3.05) is 41.8 Å². The van der Waals surface area contributed by atoms with Crippen LogP contribution in [0.2, 0.25) is 0 Å². The number of rotatable bonds is 7. The van der Waals surface area contributed by atoms with Crippen molar-refractivity contribution in [3.05, 3.63) is 108 Å². The molecule has 0 aliphatic carbocycles. The summed E-state index contributed by atoms with van der Waals surface area (Å²) in [5.74, 6) is 0.846. The molecule has 2 aromatic carbocycles. The molecule has 0 radical (unpaired) electrons. The van der Waals surface area contributed by atoms with E-state index >= 15 is 0 Å². The van der Waals surface area contributed by atoms with E-state index in [4.69, 9.17) is 9.72 Å². The Bertz CT molecular complexity index is 1780. The van der Waals surface area contributed by atoms with Crippen molar-refractivity contribution < 1.29 is 9.53 Å². The molecule has 41 heavy (non-hydrogen) atoms. The molecule has 1 saturated heterocycles. The van der Waals surface area contributed by atoms with Gasteiger partial charge < -0.3 is 20.3 Å². The molecular formula is C31H27N7O3. The summed E-state index contributed by atoms with van der Waals surface area (Å²) in [6.45, 7) is 6.48. The van der Waals surface area contributed by atoms with Crippen LogP contribution in [-0.2, 0) is 9.53 Å². The van der Waals surface area contributed by atoms with Gasteiger partial charge in [-0.1, -0.05) is 43.0 Å². The summed E-state index contributed by atoms with van der Waals surface area (Å²) < 4.78 is 6.96. The highest BCUT2D eigenvalue weighted by Gasteiger charge is 2.16. The largest absolute Gasteiger partial charge is 0.378 e. The Morgan fingerprint density at radius 1 is 0.927 bits per heavy atom. The fourth-order valence-corrected chi connectivity index (χ4v) is 4.71. The standard InChI is InChI=1S/C31H27N7O3/c1-2-28(39)34-23-9-6-10-25(18-23)38-29-22(17-26(30(38)40)21-7-4-3-5-8-21)19-33-31(36-29)35-24-11-12-27(32-20-24)37-13-15-41-16-14-37/h2-12,17-20H,1,13-16H2,(H,34,39)(H,33,35,36). The Kier molecular flexibility index (Phi) is 7.21. The van der Waals surface area contributed by atoms with Crippen LogP contribution >= 0.6 is 0 Å². The van der Waals surface area contributed by atoms with Gasteiger partial charge in [0.15, 0.2) is 5.65 Å². The molecule has 0 atom stereocenters. The summed E-state index contributed by atoms with van der Waals surface area (Å²) in [6.07, 6.45) is 4.61. The van der Waals surface area contributed by atoms with Gasteiger partial charge in [-0.05, 0) is 48.0 Å². The first-order valence-electron chi connectivity index (χ1n) is 13.2. The second kappa shape index (κ2) is 11.4. The molecule has 6 rings (SSSR count). The van der Waals surface area contributed by atoms with E-state index in [0.717, 1.165) is 24.5 Å². The highest BCUT2D eigenvalue weighted by Crippen LogP contribution is 2.25. The van der Waals surface area contributed by atoms with E-state index in [1.54, 1.807) is 42.7 Å². The van der Waals surface area contributed by atoms with Gasteiger partial charge in [-0.3, -0.25) is 14.2 Å². The molecule has 1 fully saturated rings. The highest BCUT2D eigenvalue weighted by molar-refractivity contribution is 5.99. The van der Waals surface area contributed by atoms with Crippen LogP contribution in [0.15, 0.2) is 103 Å². The first kappa shape index (κ1) is 25.9. The summed E-state index contributed by atoms with van der Waals surface area (Å²) in [7, 11) is 0. The molecule has 10 heteroatoms. The van der Waals surface area contributed by atoms with E-state index < -0.39 is 0 Å². The predicted octanol–water partition coefficient (Wildman–Crippen LogP) is 4.55. The van der Waals surface area contributed by atoms with E-state index in [1.165, 1.54) is 10.6 Å². The van der Waals surface area contributed by atoms with Crippen molar-refractivity contribution in [1.29, 1.82) is 0 Å². The fourth-order valence-electron chi connectivity index (χ4n) is 4.71. The topological polar surface area (TPSA) is 114 Å². The lowest BCUT2D eigenvalue weighted by molar-refractivity contribution is -0.111. The summed E-state index contributed by atoms with van der Waals surface area (Å²) in [6, 6.07) is 22.1. The molecule has 0 saturated carbocycles. The average molecular weight is 546 g/mol. The molecule has 0 spiro atoms. The van der Waals surface area contributed by atoms with Crippen molar-refractivity contribution >= 4 is 40.1 Å². The number of carbonyl (C=O) groups excluding carboxylic acids is 1. The minimum atomic E-state index is -0.348. The van der Waals surface area contributed by atoms with Gasteiger partial charge in [0.25, 0.3) is 5.56 Å². The Balaban J connectivity index is 1.42. The lowest BCUT2D eigenvalue weighted by Crippen LogP contribution is -2.36. The number of benzene rings is 2. The summed E-state index contributed by atoms with van der Waals surface area (Å²) >= 11 is 0. The van der Waals surface area contributed by atoms with Gasteiger partial charge in [0.05, 0.1) is 30.8 Å². The van der Waals surface area contributed by atoms with Crippen LogP contribution in [0.1, 0.15) is 0 Å². The molecule has 2 N–H and O–H groups in total. The van der Waals surface area contributed by atoms with E-state index in [0.29, 0.717) is 52.8 Å². The lowest BCUT2D eigenvalue weighted by Gasteiger charge is -2.27. The van der Waals surface area contributed by atoms with E-state index in [2.05, 4.69) is 32.1 Å². The Labute approximate surface area is 236 Å². The number of hydrogen-bond acceptors (Lipinski definition) is 8. The third-order valence-electron chi connectivity index (χ3n) is 6.72. The fraction of sp³-hybridized carbons (Fsp3) is 0.129. The van der Waals surface area contributed by atoms with Crippen molar-refractivity contribution in [2.24, 2.45) is 0 Å². The summed E-state index contributed by atoms with van der Waals surface area (Å²) in [5.41, 5.74) is 3.22. The maximum Gasteiger partial charge on any atom is 0.264 e. The van der Waals surface area contributed by atoms with Gasteiger partial charge in [0.2, 0.25) is 11.9 Å². The van der Waals surface area contributed by atoms with Crippen molar-refractivity contribution in [3.63, 3.8) is 0 Å². The van der Waals surface area contributed by atoms with Gasteiger partial charge in [-0.15, -0.1) is 0 Å². The predicted molar refractivity (Wildman–Crippen MR) is 160 cm³/mol. The maximum atomic E-state index is 14.0. The molecule has 3 aromatic heterocycles. The second-order valence-electron chi connectivity index (χ2n) is 9.41. The number of carbonyl (C=O) groups is 1. The van der Waals surface area contributed by atoms with Crippen LogP contribution in [0.4, 0.5) is 23.1 Å². The number of anilines is 4. The van der Waals surface area contributed by atoms with Crippen LogP contribution in [0.3, 0.4) is 0 Å². The van der Waals surface area contributed by atoms with E-state index in [1.807, 2.05) is 42.5 Å². The molecule has 0 unspecified atom stereocenters. The van der Waals surface area contributed by atoms with Crippen LogP contribution < -0.4 is 21.1 Å². The molecule has 1 aliphatic heterocycles. The molecule has 4 heterocycles. The molecule has 1 amide bonds. The number of hydrogen-bond donors (Lipinski definition) is 2. The van der Waals surface area contributed by atoms with Crippen molar-refractivity contribution in [1.82, 2.24) is 19.5 Å². The number of pyridine rings is 2. The Morgan fingerprint density at radius 2 is 1.76 bits per heavy atom. The normalized spacial score (nSPS) is 13.1. The molecule has 204 valence electrons. The zero-order valence-electron chi connectivity index (χ0n) is 22.2. The SMILES string of the molecule is C=CC(=O)Nc1cccc(-n2c(=O)c(-c3ccccc3)cc3cnc(Nc4ccc(N5CCOCC5)nc4)nc32)c1. The third-order valence-corrected chi connectivity index (χ3v) is 6.72. The van der Waals surface area contributed by atoms with E-state index in [-0.39, 0.29) is 11.5 Å². The minimum Gasteiger partial charge on any atom is -0.378 e. The van der Waals surface area contributed by atoms with Crippen LogP contribution in [0.25, 0.3) is 27.8 Å². The Hall–Kier alpha value is -5.35. The number of ether oxygens (including phenoxy) is 1. The van der Waals surface area contributed by atoms with Crippen LogP contribution in [0, 0.1) is 0 Å². The van der Waals surface area contributed by atoms with Gasteiger partial charge in [-0.25, -0.2) is 9.97 Å². The van der Waals surface area contributed by atoms with E-state index in [9.17, 15) is 9.59 Å². The summed E-state index contributed by atoms with van der Waals surface area (Å²) in [4.78, 5) is 41.9. The third kappa shape index (κ3) is 5.54. The lowest BCUT2D eigenvalue weighted by atomic mass is 10.1. The van der Waals surface area contributed by atoms with Crippen LogP contribution in [-0.4, -0.2) is 51.7 Å². The van der Waals surface area contributed by atoms with Gasteiger partial charge in [0.1, 0.15) is 5.82 Å². The average Bonchev–Trinajstić information content (AvgIpc) is 3.02. The van der Waals surface area contributed by atoms with Gasteiger partial charge >= 0.3 is 0 Å². The first-order chi connectivity index (χ1) is 20.1. The molecule has 10 nitrogen and oxygen atoms in total. The number of aromatic nitrogens is 4. The van der Waals surface area contributed by atoms with Crippen molar-refractivity contribution in [3.8, 4) is 16.8 Å². The van der Waals surface area contributed by atoms with Gasteiger partial charge in [-0.2, -0.15) is 4.98 Å². The van der Waals surface area contributed by atoms with Gasteiger partial charge in [0, 0.05) is 35.9 Å². The zero-order chi connectivity index (χ0) is 28.2. The molecular weight excluding hydrogens is 518 g/mol. The number of amides is 1. The number of nitrogens with one attached hydrogen (secondary N) is 2. The number of morpholine rings is 1. The highest BCUT2D eigenvalue weighted by atomic mass is 16.5. The smallest absolute Gasteiger partial charge is 0.264 e. The first-order valence-corrected chi connectivity index (χ1v) is 13.2. The van der Waals surface area contributed by atoms with Crippen molar-refractivity contribution in [2.45, 2.75) is 0 Å². The maximum absolute atomic E-state index is 14.0. The second-order valence-corrected chi connectivity index (χ2v) is 9.41.